The zero-order valence-corrected chi connectivity index (χ0v) is 24.0. The maximum absolute atomic E-state index is 6.66. The van der Waals surface area contributed by atoms with Crippen molar-refractivity contribution >= 4 is 16.7 Å². The van der Waals surface area contributed by atoms with Gasteiger partial charge in [0, 0.05) is 70.9 Å². The Morgan fingerprint density at radius 3 is 2.17 bits per heavy atom. The Bertz CT molecular complexity index is 1840. The van der Waals surface area contributed by atoms with Crippen molar-refractivity contribution in [2.75, 3.05) is 31.1 Å². The molecule has 0 radical (unpaired) electrons. The molecule has 0 saturated carbocycles. The van der Waals surface area contributed by atoms with Gasteiger partial charge in [0.05, 0.1) is 6.07 Å². The number of benzene rings is 3. The van der Waals surface area contributed by atoms with Gasteiger partial charge in [-0.1, -0.05) is 18.2 Å². The minimum Gasteiger partial charge on any atom is -0.456 e. The van der Waals surface area contributed by atoms with E-state index in [4.69, 9.17) is 8.83 Å². The maximum Gasteiger partial charge on any atom is 0.248 e. The van der Waals surface area contributed by atoms with Crippen molar-refractivity contribution in [2.45, 2.75) is 27.7 Å². The highest BCUT2D eigenvalue weighted by atomic mass is 16.4. The molecule has 0 N–H and O–H groups in total. The average molecular weight is 545 g/mol. The molecule has 0 spiro atoms. The SMILES string of the molecule is CCN(CC)c1ccc2c(-c3ccccc3-c3nnc(-c4ccncc4)o3)c3ccc(=[N+](CC)CC)cc-3oc2c1. The molecule has 0 unspecified atom stereocenters. The summed E-state index contributed by atoms with van der Waals surface area (Å²) in [4.78, 5) is 6.43. The van der Waals surface area contributed by atoms with Gasteiger partial charge in [0.15, 0.2) is 0 Å². The standard InChI is InChI=1S/C34H34N5O2/c1-5-38(6-2)24-13-15-28-30(21-24)40-31-22-25(39(7-3)8-4)14-16-29(31)32(28)26-11-9-10-12-27(26)34-37-36-33(41-34)23-17-19-35-20-18-23/h9-22H,5-8H2,1-4H3/q+1. The molecule has 41 heavy (non-hydrogen) atoms. The van der Waals surface area contributed by atoms with E-state index in [9.17, 15) is 0 Å². The number of pyridine rings is 1. The monoisotopic (exact) mass is 544 g/mol. The topological polar surface area (TPSA) is 71.2 Å². The molecule has 0 amide bonds. The Balaban J connectivity index is 1.62. The second-order valence-corrected chi connectivity index (χ2v) is 9.88. The Kier molecular flexibility index (Phi) is 7.33. The molecule has 0 fully saturated rings. The van der Waals surface area contributed by atoms with Crippen molar-refractivity contribution in [3.05, 3.63) is 90.5 Å². The van der Waals surface area contributed by atoms with Crippen LogP contribution >= 0.6 is 0 Å². The van der Waals surface area contributed by atoms with Gasteiger partial charge in [-0.25, -0.2) is 4.58 Å². The largest absolute Gasteiger partial charge is 0.456 e. The Hall–Kier alpha value is -4.78. The van der Waals surface area contributed by atoms with Crippen LogP contribution in [0.1, 0.15) is 27.7 Å². The quantitative estimate of drug-likeness (QED) is 0.152. The second-order valence-electron chi connectivity index (χ2n) is 9.88. The first-order valence-electron chi connectivity index (χ1n) is 14.3. The Morgan fingerprint density at radius 2 is 1.44 bits per heavy atom. The van der Waals surface area contributed by atoms with Gasteiger partial charge in [-0.15, -0.1) is 10.2 Å². The van der Waals surface area contributed by atoms with Crippen LogP contribution in [-0.4, -0.2) is 41.4 Å². The first-order chi connectivity index (χ1) is 20.1. The summed E-state index contributed by atoms with van der Waals surface area (Å²) in [6.07, 6.45) is 3.44. The Morgan fingerprint density at radius 1 is 0.707 bits per heavy atom. The fraction of sp³-hybridized carbons (Fsp3) is 0.235. The average Bonchev–Trinajstić information content (AvgIpc) is 3.52. The molecule has 3 heterocycles. The van der Waals surface area contributed by atoms with Crippen molar-refractivity contribution < 1.29 is 8.83 Å². The van der Waals surface area contributed by atoms with E-state index >= 15 is 0 Å². The molecular formula is C34H34N5O2+. The van der Waals surface area contributed by atoms with E-state index in [2.05, 4.69) is 101 Å². The third-order valence-corrected chi connectivity index (χ3v) is 7.73. The number of nitrogens with zero attached hydrogens (tertiary/aromatic N) is 5. The van der Waals surface area contributed by atoms with Crippen molar-refractivity contribution in [2.24, 2.45) is 0 Å². The summed E-state index contributed by atoms with van der Waals surface area (Å²) in [6.45, 7) is 12.4. The molecule has 206 valence electrons. The van der Waals surface area contributed by atoms with E-state index in [1.54, 1.807) is 12.4 Å². The van der Waals surface area contributed by atoms with Gasteiger partial charge in [-0.05, 0) is 69.7 Å². The normalized spacial score (nSPS) is 11.3. The molecule has 0 atom stereocenters. The number of aromatic nitrogens is 3. The van der Waals surface area contributed by atoms with Crippen LogP contribution in [-0.2, 0) is 0 Å². The lowest BCUT2D eigenvalue weighted by Gasteiger charge is -2.22. The summed E-state index contributed by atoms with van der Waals surface area (Å²) in [5.74, 6) is 1.77. The van der Waals surface area contributed by atoms with Gasteiger partial charge in [-0.3, -0.25) is 4.98 Å². The van der Waals surface area contributed by atoms with E-state index in [-0.39, 0.29) is 0 Å². The molecule has 2 aromatic carbocycles. The molecule has 4 aromatic rings. The summed E-state index contributed by atoms with van der Waals surface area (Å²) >= 11 is 0. The smallest absolute Gasteiger partial charge is 0.248 e. The lowest BCUT2D eigenvalue weighted by atomic mass is 9.90. The number of hydrogen-bond acceptors (Lipinski definition) is 6. The molecule has 7 heteroatoms. The van der Waals surface area contributed by atoms with Crippen molar-refractivity contribution in [1.82, 2.24) is 19.8 Å². The molecule has 2 aromatic heterocycles. The Labute approximate surface area is 239 Å². The highest BCUT2D eigenvalue weighted by molar-refractivity contribution is 6.05. The minimum atomic E-state index is 0.461. The van der Waals surface area contributed by atoms with Gasteiger partial charge in [0.1, 0.15) is 24.4 Å². The molecule has 6 rings (SSSR count). The van der Waals surface area contributed by atoms with Crippen molar-refractivity contribution in [3.8, 4) is 45.4 Å². The van der Waals surface area contributed by atoms with Crippen LogP contribution in [0, 0.1) is 0 Å². The molecular weight excluding hydrogens is 510 g/mol. The van der Waals surface area contributed by atoms with E-state index in [0.717, 1.165) is 81.8 Å². The number of rotatable bonds is 8. The first kappa shape index (κ1) is 26.4. The minimum absolute atomic E-state index is 0.461. The van der Waals surface area contributed by atoms with Crippen LogP contribution in [0.5, 0.6) is 0 Å². The van der Waals surface area contributed by atoms with Gasteiger partial charge in [0.2, 0.25) is 17.1 Å². The lowest BCUT2D eigenvalue weighted by Crippen LogP contribution is -2.29. The van der Waals surface area contributed by atoms with Gasteiger partial charge in [-0.2, -0.15) is 0 Å². The summed E-state index contributed by atoms with van der Waals surface area (Å²) in [5.41, 5.74) is 6.81. The molecule has 2 aliphatic rings. The molecule has 0 bridgehead atoms. The van der Waals surface area contributed by atoms with Gasteiger partial charge in [0.25, 0.3) is 0 Å². The lowest BCUT2D eigenvalue weighted by molar-refractivity contribution is 0.584. The van der Waals surface area contributed by atoms with E-state index < -0.39 is 0 Å². The zero-order chi connectivity index (χ0) is 28.3. The van der Waals surface area contributed by atoms with Crippen molar-refractivity contribution in [1.29, 1.82) is 0 Å². The maximum atomic E-state index is 6.66. The van der Waals surface area contributed by atoms with Crippen LogP contribution in [0.25, 0.3) is 56.3 Å². The number of anilines is 1. The predicted molar refractivity (Wildman–Crippen MR) is 165 cm³/mol. The van der Waals surface area contributed by atoms with Crippen LogP contribution in [0.4, 0.5) is 5.69 Å². The van der Waals surface area contributed by atoms with E-state index in [0.29, 0.717) is 11.8 Å². The first-order valence-corrected chi connectivity index (χ1v) is 14.3. The van der Waals surface area contributed by atoms with Gasteiger partial charge >= 0.3 is 0 Å². The fourth-order valence-corrected chi connectivity index (χ4v) is 5.56. The van der Waals surface area contributed by atoms with Gasteiger partial charge < -0.3 is 13.7 Å². The summed E-state index contributed by atoms with van der Waals surface area (Å²) in [6, 6.07) is 25.0. The number of hydrogen-bond donors (Lipinski definition) is 0. The zero-order valence-electron chi connectivity index (χ0n) is 24.0. The number of fused-ring (bicyclic) bond motifs is 2. The molecule has 0 saturated heterocycles. The van der Waals surface area contributed by atoms with E-state index in [1.165, 1.54) is 0 Å². The molecule has 7 nitrogen and oxygen atoms in total. The van der Waals surface area contributed by atoms with Crippen LogP contribution in [0.15, 0.2) is 94.0 Å². The van der Waals surface area contributed by atoms with E-state index in [1.807, 2.05) is 24.3 Å². The highest BCUT2D eigenvalue weighted by Gasteiger charge is 2.23. The summed E-state index contributed by atoms with van der Waals surface area (Å²) in [5, 5.41) is 11.0. The van der Waals surface area contributed by atoms with Crippen LogP contribution < -0.4 is 14.8 Å². The summed E-state index contributed by atoms with van der Waals surface area (Å²) in [7, 11) is 0. The van der Waals surface area contributed by atoms with Crippen LogP contribution in [0.3, 0.4) is 0 Å². The third-order valence-electron chi connectivity index (χ3n) is 7.73. The third kappa shape index (κ3) is 4.88. The summed E-state index contributed by atoms with van der Waals surface area (Å²) < 4.78 is 15.2. The second kappa shape index (κ2) is 11.4. The fourth-order valence-electron chi connectivity index (χ4n) is 5.56. The van der Waals surface area contributed by atoms with Crippen molar-refractivity contribution in [3.63, 3.8) is 0 Å². The molecule has 1 aliphatic carbocycles. The predicted octanol–water partition coefficient (Wildman–Crippen LogP) is 6.97. The molecule has 1 aliphatic heterocycles. The van der Waals surface area contributed by atoms with Crippen LogP contribution in [0.2, 0.25) is 0 Å². The highest BCUT2D eigenvalue weighted by Crippen LogP contribution is 2.44.